The fraction of sp³-hybridized carbons (Fsp3) is 0.556. The summed E-state index contributed by atoms with van der Waals surface area (Å²) in [6.07, 6.45) is 3.05. The summed E-state index contributed by atoms with van der Waals surface area (Å²) in [5.74, 6) is -0.831. The van der Waals surface area contributed by atoms with Crippen molar-refractivity contribution in [3.63, 3.8) is 0 Å². The highest BCUT2D eigenvalue weighted by Crippen LogP contribution is 2.22. The lowest BCUT2D eigenvalue weighted by Crippen LogP contribution is -2.48. The Morgan fingerprint density at radius 3 is 2.72 bits per heavy atom. The Morgan fingerprint density at radius 2 is 2.12 bits per heavy atom. The minimum absolute atomic E-state index is 0.0558. The monoisotopic (exact) mass is 348 g/mol. The van der Waals surface area contributed by atoms with Crippen LogP contribution in [0.15, 0.2) is 18.2 Å². The van der Waals surface area contributed by atoms with Crippen LogP contribution < -0.4 is 0 Å². The highest BCUT2D eigenvalue weighted by atomic mass is 16.6. The number of aryl methyl sites for hydroxylation is 1. The topological polar surface area (TPSA) is 89.8 Å². The molecule has 0 spiro atoms. The Labute approximate surface area is 147 Å². The molecule has 1 aromatic carbocycles. The van der Waals surface area contributed by atoms with Gasteiger partial charge in [-0.05, 0) is 51.7 Å². The molecule has 136 valence electrons. The second kappa shape index (κ2) is 8.09. The molecule has 1 aromatic rings. The summed E-state index contributed by atoms with van der Waals surface area (Å²) in [5.41, 5.74) is 0.522. The summed E-state index contributed by atoms with van der Waals surface area (Å²) in [4.78, 5) is 37.0. The molecule has 2 atom stereocenters. The third kappa shape index (κ3) is 4.35. The molecular weight excluding hydrogens is 324 g/mol. The summed E-state index contributed by atoms with van der Waals surface area (Å²) in [6, 6.07) is 4.23. The third-order valence-electron chi connectivity index (χ3n) is 4.64. The van der Waals surface area contributed by atoms with Crippen molar-refractivity contribution in [3.8, 4) is 0 Å². The smallest absolute Gasteiger partial charge is 0.338 e. The lowest BCUT2D eigenvalue weighted by Gasteiger charge is -2.36. The quantitative estimate of drug-likeness (QED) is 0.463. The molecule has 25 heavy (non-hydrogen) atoms. The SMILES string of the molecule is CCC1CCCCN1C(=O)C(C)OC(=O)c1ccc([N+](=O)[O-])c(C)c1. The molecule has 2 rings (SSSR count). The predicted octanol–water partition coefficient (Wildman–Crippen LogP) is 3.24. The van der Waals surface area contributed by atoms with Gasteiger partial charge < -0.3 is 9.64 Å². The maximum Gasteiger partial charge on any atom is 0.338 e. The number of rotatable bonds is 5. The zero-order valence-corrected chi connectivity index (χ0v) is 14.9. The molecule has 1 aliphatic heterocycles. The molecule has 1 saturated heterocycles. The minimum Gasteiger partial charge on any atom is -0.449 e. The van der Waals surface area contributed by atoms with Gasteiger partial charge in [0.1, 0.15) is 0 Å². The van der Waals surface area contributed by atoms with Gasteiger partial charge in [0.25, 0.3) is 11.6 Å². The second-order valence-electron chi connectivity index (χ2n) is 6.40. The van der Waals surface area contributed by atoms with E-state index in [0.717, 1.165) is 25.7 Å². The van der Waals surface area contributed by atoms with E-state index in [4.69, 9.17) is 4.74 Å². The van der Waals surface area contributed by atoms with E-state index in [9.17, 15) is 19.7 Å². The molecule has 1 fully saturated rings. The molecule has 7 nitrogen and oxygen atoms in total. The van der Waals surface area contributed by atoms with Crippen molar-refractivity contribution in [1.29, 1.82) is 0 Å². The van der Waals surface area contributed by atoms with Crippen molar-refractivity contribution in [2.45, 2.75) is 58.6 Å². The number of piperidine rings is 1. The molecule has 1 heterocycles. The summed E-state index contributed by atoms with van der Waals surface area (Å²) in [5, 5.41) is 10.8. The van der Waals surface area contributed by atoms with Gasteiger partial charge in [0.15, 0.2) is 6.10 Å². The number of ether oxygens (including phenoxy) is 1. The van der Waals surface area contributed by atoms with Gasteiger partial charge in [-0.1, -0.05) is 6.92 Å². The molecule has 1 amide bonds. The first kappa shape index (κ1) is 18.9. The fourth-order valence-electron chi connectivity index (χ4n) is 3.21. The van der Waals surface area contributed by atoms with Crippen LogP contribution in [0.5, 0.6) is 0 Å². The van der Waals surface area contributed by atoms with Crippen LogP contribution in [-0.2, 0) is 9.53 Å². The number of nitro benzene ring substituents is 1. The van der Waals surface area contributed by atoms with Crippen LogP contribution >= 0.6 is 0 Å². The highest BCUT2D eigenvalue weighted by Gasteiger charge is 2.30. The number of hydrogen-bond donors (Lipinski definition) is 0. The highest BCUT2D eigenvalue weighted by molar-refractivity contribution is 5.92. The van der Waals surface area contributed by atoms with E-state index in [2.05, 4.69) is 0 Å². The number of nitro groups is 1. The van der Waals surface area contributed by atoms with Crippen molar-refractivity contribution < 1.29 is 19.2 Å². The van der Waals surface area contributed by atoms with Gasteiger partial charge in [-0.15, -0.1) is 0 Å². The summed E-state index contributed by atoms with van der Waals surface area (Å²) < 4.78 is 5.30. The second-order valence-corrected chi connectivity index (χ2v) is 6.40. The van der Waals surface area contributed by atoms with Crippen LogP contribution in [0.25, 0.3) is 0 Å². The Kier molecular flexibility index (Phi) is 6.12. The van der Waals surface area contributed by atoms with Crippen LogP contribution in [-0.4, -0.2) is 40.4 Å². The number of nitrogens with zero attached hydrogens (tertiary/aromatic N) is 2. The van der Waals surface area contributed by atoms with Crippen molar-refractivity contribution in [2.24, 2.45) is 0 Å². The summed E-state index contributed by atoms with van der Waals surface area (Å²) >= 11 is 0. The van der Waals surface area contributed by atoms with Crippen molar-refractivity contribution in [3.05, 3.63) is 39.4 Å². The number of carbonyl (C=O) groups excluding carboxylic acids is 2. The van der Waals surface area contributed by atoms with Crippen LogP contribution in [0.2, 0.25) is 0 Å². The van der Waals surface area contributed by atoms with Crippen LogP contribution in [0.1, 0.15) is 55.5 Å². The number of esters is 1. The molecule has 0 N–H and O–H groups in total. The zero-order chi connectivity index (χ0) is 18.6. The van der Waals surface area contributed by atoms with Gasteiger partial charge in [-0.25, -0.2) is 4.79 Å². The van der Waals surface area contributed by atoms with Crippen LogP contribution in [0.3, 0.4) is 0 Å². The number of likely N-dealkylation sites (tertiary alicyclic amines) is 1. The molecule has 7 heteroatoms. The van der Waals surface area contributed by atoms with Gasteiger partial charge in [-0.3, -0.25) is 14.9 Å². The average Bonchev–Trinajstić information content (AvgIpc) is 2.60. The Morgan fingerprint density at radius 1 is 1.40 bits per heavy atom. The Balaban J connectivity index is 2.05. The van der Waals surface area contributed by atoms with E-state index < -0.39 is 17.0 Å². The van der Waals surface area contributed by atoms with E-state index in [1.165, 1.54) is 18.2 Å². The fourth-order valence-corrected chi connectivity index (χ4v) is 3.21. The van der Waals surface area contributed by atoms with Gasteiger partial charge in [0.2, 0.25) is 0 Å². The molecule has 1 aliphatic rings. The normalized spacial score (nSPS) is 18.5. The number of carbonyl (C=O) groups is 2. The molecule has 2 unspecified atom stereocenters. The maximum atomic E-state index is 12.6. The maximum absolute atomic E-state index is 12.6. The lowest BCUT2D eigenvalue weighted by molar-refractivity contribution is -0.385. The van der Waals surface area contributed by atoms with E-state index in [-0.39, 0.29) is 23.2 Å². The Bertz CT molecular complexity index is 673. The van der Waals surface area contributed by atoms with Crippen LogP contribution in [0, 0.1) is 17.0 Å². The first-order chi connectivity index (χ1) is 11.8. The number of benzene rings is 1. The van der Waals surface area contributed by atoms with Crippen molar-refractivity contribution in [2.75, 3.05) is 6.54 Å². The van der Waals surface area contributed by atoms with E-state index in [0.29, 0.717) is 12.1 Å². The number of hydrogen-bond acceptors (Lipinski definition) is 5. The first-order valence-corrected chi connectivity index (χ1v) is 8.61. The minimum atomic E-state index is -0.879. The van der Waals surface area contributed by atoms with Crippen molar-refractivity contribution >= 4 is 17.6 Å². The molecular formula is C18H24N2O5. The van der Waals surface area contributed by atoms with Gasteiger partial charge in [-0.2, -0.15) is 0 Å². The zero-order valence-electron chi connectivity index (χ0n) is 14.9. The standard InChI is InChI=1S/C18H24N2O5/c1-4-15-7-5-6-10-19(15)17(21)13(3)25-18(22)14-8-9-16(20(23)24)12(2)11-14/h8-9,11,13,15H,4-7,10H2,1-3H3. The molecule has 0 aliphatic carbocycles. The van der Waals surface area contributed by atoms with Gasteiger partial charge in [0.05, 0.1) is 10.5 Å². The predicted molar refractivity (Wildman–Crippen MR) is 92.4 cm³/mol. The average molecular weight is 348 g/mol. The first-order valence-electron chi connectivity index (χ1n) is 8.61. The van der Waals surface area contributed by atoms with E-state index >= 15 is 0 Å². The van der Waals surface area contributed by atoms with E-state index in [1.54, 1.807) is 13.8 Å². The Hall–Kier alpha value is -2.44. The van der Waals surface area contributed by atoms with Gasteiger partial charge >= 0.3 is 5.97 Å². The van der Waals surface area contributed by atoms with E-state index in [1.807, 2.05) is 11.8 Å². The molecule has 0 aromatic heterocycles. The van der Waals surface area contributed by atoms with Crippen LogP contribution in [0.4, 0.5) is 5.69 Å². The third-order valence-corrected chi connectivity index (χ3v) is 4.64. The lowest BCUT2D eigenvalue weighted by atomic mass is 9.99. The molecule has 0 saturated carbocycles. The van der Waals surface area contributed by atoms with Gasteiger partial charge in [0, 0.05) is 24.2 Å². The van der Waals surface area contributed by atoms with Crippen molar-refractivity contribution in [1.82, 2.24) is 4.90 Å². The number of amides is 1. The summed E-state index contributed by atoms with van der Waals surface area (Å²) in [6.45, 7) is 5.87. The summed E-state index contributed by atoms with van der Waals surface area (Å²) in [7, 11) is 0. The largest absolute Gasteiger partial charge is 0.449 e. The molecule has 0 radical (unpaired) electrons. The molecule has 0 bridgehead atoms.